The molecule has 0 radical (unpaired) electrons. The standard InChI is InChI=1S/C51H90O5/c1-4-7-10-13-16-19-21-23-24-25-26-27-29-31-34-37-40-43-46-54-47-49(56-51(53)45-42-39-36-32-18-15-12-9-6-3)48-55-50(52)44-41-38-35-33-30-28-22-20-17-14-11-8-5-2/h7,10,16,19-20,22-24,26-27,49H,4-6,8-9,11-15,17-18,21,25,28-48H2,1-3H3/b10-7-,19-16-,22-20-,24-23-,27-26-. The van der Waals surface area contributed by atoms with Crippen LogP contribution in [0.5, 0.6) is 0 Å². The lowest BCUT2D eigenvalue weighted by Gasteiger charge is -2.18. The summed E-state index contributed by atoms with van der Waals surface area (Å²) < 4.78 is 17.3. The number of ether oxygens (including phenoxy) is 3. The molecule has 0 bridgehead atoms. The van der Waals surface area contributed by atoms with Gasteiger partial charge in [-0.1, -0.05) is 191 Å². The van der Waals surface area contributed by atoms with Crippen molar-refractivity contribution in [2.24, 2.45) is 0 Å². The lowest BCUT2D eigenvalue weighted by Crippen LogP contribution is -2.30. The number of hydrogen-bond donors (Lipinski definition) is 0. The first-order valence-corrected chi connectivity index (χ1v) is 23.8. The molecule has 0 saturated carbocycles. The minimum atomic E-state index is -0.546. The van der Waals surface area contributed by atoms with Gasteiger partial charge in [0.15, 0.2) is 6.10 Å². The molecule has 1 unspecified atom stereocenters. The van der Waals surface area contributed by atoms with E-state index in [-0.39, 0.29) is 25.2 Å². The van der Waals surface area contributed by atoms with Crippen molar-refractivity contribution in [3.8, 4) is 0 Å². The second-order valence-electron chi connectivity index (χ2n) is 15.6. The lowest BCUT2D eigenvalue weighted by atomic mass is 10.1. The maximum Gasteiger partial charge on any atom is 0.306 e. The van der Waals surface area contributed by atoms with Gasteiger partial charge in [0, 0.05) is 19.4 Å². The monoisotopic (exact) mass is 783 g/mol. The van der Waals surface area contributed by atoms with Crippen LogP contribution >= 0.6 is 0 Å². The zero-order valence-electron chi connectivity index (χ0n) is 37.1. The van der Waals surface area contributed by atoms with Crippen molar-refractivity contribution in [3.63, 3.8) is 0 Å². The van der Waals surface area contributed by atoms with Gasteiger partial charge in [0.05, 0.1) is 6.61 Å². The fraction of sp³-hybridized carbons (Fsp3) is 0.765. The molecule has 324 valence electrons. The highest BCUT2D eigenvalue weighted by atomic mass is 16.6. The number of carbonyl (C=O) groups is 2. The Balaban J connectivity index is 4.25. The van der Waals surface area contributed by atoms with Crippen molar-refractivity contribution in [1.29, 1.82) is 0 Å². The van der Waals surface area contributed by atoms with Crippen LogP contribution in [0.1, 0.15) is 226 Å². The van der Waals surface area contributed by atoms with Crippen molar-refractivity contribution in [2.75, 3.05) is 19.8 Å². The lowest BCUT2D eigenvalue weighted by molar-refractivity contribution is -0.163. The molecule has 0 rings (SSSR count). The van der Waals surface area contributed by atoms with E-state index in [0.717, 1.165) is 83.5 Å². The van der Waals surface area contributed by atoms with Crippen molar-refractivity contribution in [1.82, 2.24) is 0 Å². The highest BCUT2D eigenvalue weighted by Gasteiger charge is 2.17. The molecule has 5 nitrogen and oxygen atoms in total. The van der Waals surface area contributed by atoms with Crippen LogP contribution in [0.4, 0.5) is 0 Å². The molecule has 0 heterocycles. The molecule has 0 amide bonds. The number of rotatable bonds is 43. The van der Waals surface area contributed by atoms with E-state index >= 15 is 0 Å². The molecule has 0 aromatic heterocycles. The molecular formula is C51H90O5. The van der Waals surface area contributed by atoms with Gasteiger partial charge in [0.1, 0.15) is 6.61 Å². The number of esters is 2. The van der Waals surface area contributed by atoms with Gasteiger partial charge in [-0.25, -0.2) is 0 Å². The van der Waals surface area contributed by atoms with Crippen LogP contribution in [0.15, 0.2) is 60.8 Å². The first-order chi connectivity index (χ1) is 27.6. The van der Waals surface area contributed by atoms with E-state index < -0.39 is 6.10 Å². The van der Waals surface area contributed by atoms with E-state index in [1.54, 1.807) is 0 Å². The summed E-state index contributed by atoms with van der Waals surface area (Å²) in [6.07, 6.45) is 57.9. The van der Waals surface area contributed by atoms with Crippen molar-refractivity contribution in [2.45, 2.75) is 232 Å². The Hall–Kier alpha value is -2.40. The Morgan fingerprint density at radius 3 is 1.32 bits per heavy atom. The Morgan fingerprint density at radius 1 is 0.411 bits per heavy atom. The molecule has 0 aliphatic rings. The molecule has 0 saturated heterocycles. The molecule has 5 heteroatoms. The SMILES string of the molecule is CC/C=C\C/C=C\C/C=C\C/C=C\CCCCCCCOCC(COC(=O)CCCCCCC/C=C\CCCCCC)OC(=O)CCCCCCCCCCC. The summed E-state index contributed by atoms with van der Waals surface area (Å²) in [5, 5.41) is 0. The van der Waals surface area contributed by atoms with Crippen LogP contribution in [0.3, 0.4) is 0 Å². The average molecular weight is 783 g/mol. The highest BCUT2D eigenvalue weighted by Crippen LogP contribution is 2.13. The fourth-order valence-corrected chi connectivity index (χ4v) is 6.49. The average Bonchev–Trinajstić information content (AvgIpc) is 3.20. The first kappa shape index (κ1) is 53.6. The Labute approximate surface area is 347 Å². The fourth-order valence-electron chi connectivity index (χ4n) is 6.49. The van der Waals surface area contributed by atoms with Crippen molar-refractivity contribution < 1.29 is 23.8 Å². The van der Waals surface area contributed by atoms with Crippen LogP contribution < -0.4 is 0 Å². The normalized spacial score (nSPS) is 12.7. The number of hydrogen-bond acceptors (Lipinski definition) is 5. The molecule has 0 fully saturated rings. The summed E-state index contributed by atoms with van der Waals surface area (Å²) >= 11 is 0. The predicted molar refractivity (Wildman–Crippen MR) is 242 cm³/mol. The van der Waals surface area contributed by atoms with E-state index in [0.29, 0.717) is 19.4 Å². The molecule has 56 heavy (non-hydrogen) atoms. The summed E-state index contributed by atoms with van der Waals surface area (Å²) in [4.78, 5) is 25.2. The summed E-state index contributed by atoms with van der Waals surface area (Å²) in [5.74, 6) is -0.418. The van der Waals surface area contributed by atoms with E-state index in [1.165, 1.54) is 109 Å². The summed E-state index contributed by atoms with van der Waals surface area (Å²) in [7, 11) is 0. The molecule has 0 aliphatic heterocycles. The van der Waals surface area contributed by atoms with Crippen LogP contribution in [0.2, 0.25) is 0 Å². The van der Waals surface area contributed by atoms with Gasteiger partial charge in [-0.3, -0.25) is 9.59 Å². The van der Waals surface area contributed by atoms with Crippen LogP contribution in [0.25, 0.3) is 0 Å². The van der Waals surface area contributed by atoms with Crippen molar-refractivity contribution >= 4 is 11.9 Å². The van der Waals surface area contributed by atoms with E-state index in [1.807, 2.05) is 0 Å². The van der Waals surface area contributed by atoms with Gasteiger partial charge in [0.25, 0.3) is 0 Å². The summed E-state index contributed by atoms with van der Waals surface area (Å²) in [6, 6.07) is 0. The Morgan fingerprint density at radius 2 is 0.804 bits per heavy atom. The van der Waals surface area contributed by atoms with Gasteiger partial charge in [-0.05, 0) is 83.5 Å². The van der Waals surface area contributed by atoms with Crippen LogP contribution in [0, 0.1) is 0 Å². The Kier molecular flexibility index (Phi) is 45.0. The third kappa shape index (κ3) is 44.3. The van der Waals surface area contributed by atoms with Gasteiger partial charge in [-0.15, -0.1) is 0 Å². The second-order valence-corrected chi connectivity index (χ2v) is 15.6. The molecular weight excluding hydrogens is 693 g/mol. The van der Waals surface area contributed by atoms with Gasteiger partial charge in [0.2, 0.25) is 0 Å². The number of allylic oxidation sites excluding steroid dienone is 10. The van der Waals surface area contributed by atoms with E-state index in [9.17, 15) is 9.59 Å². The molecule has 0 aromatic carbocycles. The van der Waals surface area contributed by atoms with Gasteiger partial charge < -0.3 is 14.2 Å². The zero-order valence-corrected chi connectivity index (χ0v) is 37.1. The summed E-state index contributed by atoms with van der Waals surface area (Å²) in [6.45, 7) is 7.64. The van der Waals surface area contributed by atoms with Crippen LogP contribution in [-0.2, 0) is 23.8 Å². The smallest absolute Gasteiger partial charge is 0.306 e. The van der Waals surface area contributed by atoms with Crippen LogP contribution in [-0.4, -0.2) is 37.9 Å². The predicted octanol–water partition coefficient (Wildman–Crippen LogP) is 15.8. The second kappa shape index (κ2) is 47.0. The number of carbonyl (C=O) groups excluding carboxylic acids is 2. The zero-order chi connectivity index (χ0) is 40.7. The molecule has 0 N–H and O–H groups in total. The first-order valence-electron chi connectivity index (χ1n) is 23.8. The van der Waals surface area contributed by atoms with Gasteiger partial charge >= 0.3 is 11.9 Å². The topological polar surface area (TPSA) is 61.8 Å². The molecule has 0 spiro atoms. The third-order valence-corrected chi connectivity index (χ3v) is 10.0. The minimum Gasteiger partial charge on any atom is -0.462 e. The Bertz CT molecular complexity index is 977. The van der Waals surface area contributed by atoms with E-state index in [2.05, 4.69) is 81.5 Å². The molecule has 1 atom stereocenters. The number of unbranched alkanes of at least 4 members (excludes halogenated alkanes) is 22. The van der Waals surface area contributed by atoms with Crippen molar-refractivity contribution in [3.05, 3.63) is 60.8 Å². The third-order valence-electron chi connectivity index (χ3n) is 10.0. The van der Waals surface area contributed by atoms with Gasteiger partial charge in [-0.2, -0.15) is 0 Å². The maximum atomic E-state index is 12.7. The summed E-state index contributed by atoms with van der Waals surface area (Å²) in [5.41, 5.74) is 0. The van der Waals surface area contributed by atoms with E-state index in [4.69, 9.17) is 14.2 Å². The minimum absolute atomic E-state index is 0.0738. The quantitative estimate of drug-likeness (QED) is 0.0350. The molecule has 0 aromatic rings. The maximum absolute atomic E-state index is 12.7. The molecule has 0 aliphatic carbocycles. The largest absolute Gasteiger partial charge is 0.462 e. The highest BCUT2D eigenvalue weighted by molar-refractivity contribution is 5.70.